The molecule has 0 N–H and O–H groups in total. The van der Waals surface area contributed by atoms with Crippen molar-refractivity contribution in [1.29, 1.82) is 0 Å². The molecule has 154 valence electrons. The lowest BCUT2D eigenvalue weighted by atomic mass is 10.1. The van der Waals surface area contributed by atoms with Gasteiger partial charge in [-0.15, -0.1) is 0 Å². The number of hydrogen-bond acceptors (Lipinski definition) is 5. The van der Waals surface area contributed by atoms with Gasteiger partial charge in [-0.3, -0.25) is 14.4 Å². The standard InChI is InChI=1S/C22H31NO4S/c1-16(15-28-21(26)17-10-6-5-7-11-17)20(25)23(18-12-8-9-13-18)14-19(24)27-22(2,3)4/h5-7,10-11,16,18H,8-9,12-15H2,1-4H3. The van der Waals surface area contributed by atoms with Crippen molar-refractivity contribution in [2.45, 2.75) is 65.0 Å². The average molecular weight is 406 g/mol. The minimum absolute atomic E-state index is 0.0254. The molecule has 6 heteroatoms. The van der Waals surface area contributed by atoms with Gasteiger partial charge in [0.1, 0.15) is 12.1 Å². The Hall–Kier alpha value is -1.82. The highest BCUT2D eigenvalue weighted by atomic mass is 32.2. The van der Waals surface area contributed by atoms with E-state index in [-0.39, 0.29) is 35.5 Å². The van der Waals surface area contributed by atoms with Crippen LogP contribution in [0.25, 0.3) is 0 Å². The summed E-state index contributed by atoms with van der Waals surface area (Å²) in [6.07, 6.45) is 3.96. The lowest BCUT2D eigenvalue weighted by Gasteiger charge is -2.31. The van der Waals surface area contributed by atoms with Gasteiger partial charge in [-0.05, 0) is 33.6 Å². The number of esters is 1. The predicted molar refractivity (Wildman–Crippen MR) is 112 cm³/mol. The highest BCUT2D eigenvalue weighted by Gasteiger charge is 2.32. The van der Waals surface area contributed by atoms with Crippen LogP contribution in [0.2, 0.25) is 0 Å². The average Bonchev–Trinajstić information content (AvgIpc) is 3.17. The first kappa shape index (κ1) is 22.5. The van der Waals surface area contributed by atoms with E-state index in [9.17, 15) is 14.4 Å². The maximum Gasteiger partial charge on any atom is 0.326 e. The molecule has 1 aliphatic carbocycles. The van der Waals surface area contributed by atoms with E-state index in [4.69, 9.17) is 4.74 Å². The maximum atomic E-state index is 13.1. The Morgan fingerprint density at radius 2 is 1.75 bits per heavy atom. The number of rotatable bonds is 7. The molecule has 0 aromatic heterocycles. The lowest BCUT2D eigenvalue weighted by molar-refractivity contribution is -0.160. The summed E-state index contributed by atoms with van der Waals surface area (Å²) in [5, 5.41) is -0.0418. The minimum Gasteiger partial charge on any atom is -0.459 e. The van der Waals surface area contributed by atoms with E-state index in [1.54, 1.807) is 17.0 Å². The highest BCUT2D eigenvalue weighted by Crippen LogP contribution is 2.26. The van der Waals surface area contributed by atoms with Gasteiger partial charge in [-0.25, -0.2) is 0 Å². The highest BCUT2D eigenvalue weighted by molar-refractivity contribution is 8.14. The van der Waals surface area contributed by atoms with Crippen molar-refractivity contribution in [3.63, 3.8) is 0 Å². The van der Waals surface area contributed by atoms with Crippen molar-refractivity contribution in [3.8, 4) is 0 Å². The molecule has 0 aliphatic heterocycles. The Morgan fingerprint density at radius 3 is 2.32 bits per heavy atom. The molecule has 1 aromatic carbocycles. The van der Waals surface area contributed by atoms with Crippen LogP contribution < -0.4 is 0 Å². The normalized spacial score (nSPS) is 15.9. The number of carbonyl (C=O) groups is 3. The zero-order chi connectivity index (χ0) is 20.7. The summed E-state index contributed by atoms with van der Waals surface area (Å²) in [6, 6.07) is 9.14. The molecular weight excluding hydrogens is 374 g/mol. The van der Waals surface area contributed by atoms with Gasteiger partial charge in [0, 0.05) is 23.3 Å². The van der Waals surface area contributed by atoms with Crippen LogP contribution in [0.15, 0.2) is 30.3 Å². The van der Waals surface area contributed by atoms with Crippen molar-refractivity contribution in [2.24, 2.45) is 5.92 Å². The quantitative estimate of drug-likeness (QED) is 0.633. The summed E-state index contributed by atoms with van der Waals surface area (Å²) >= 11 is 1.15. The van der Waals surface area contributed by atoms with Crippen LogP contribution in [0.3, 0.4) is 0 Å². The second-order valence-corrected chi connectivity index (χ2v) is 9.35. The van der Waals surface area contributed by atoms with Crippen molar-refractivity contribution in [1.82, 2.24) is 4.90 Å². The third-order valence-corrected chi connectivity index (χ3v) is 5.83. The molecule has 1 atom stereocenters. The molecule has 28 heavy (non-hydrogen) atoms. The molecule has 0 radical (unpaired) electrons. The first-order valence-corrected chi connectivity index (χ1v) is 10.9. The fraction of sp³-hybridized carbons (Fsp3) is 0.591. The fourth-order valence-corrected chi connectivity index (χ4v) is 4.18. The Balaban J connectivity index is 1.98. The largest absolute Gasteiger partial charge is 0.459 e. The second-order valence-electron chi connectivity index (χ2n) is 8.36. The number of thioether (sulfide) groups is 1. The molecule has 1 unspecified atom stereocenters. The van der Waals surface area contributed by atoms with E-state index in [0.29, 0.717) is 11.3 Å². The van der Waals surface area contributed by atoms with Crippen LogP contribution in [0.1, 0.15) is 63.7 Å². The number of carbonyl (C=O) groups excluding carboxylic acids is 3. The van der Waals surface area contributed by atoms with Crippen LogP contribution >= 0.6 is 11.8 Å². The van der Waals surface area contributed by atoms with Crippen molar-refractivity contribution in [2.75, 3.05) is 12.3 Å². The molecule has 0 bridgehead atoms. The fourth-order valence-electron chi connectivity index (χ4n) is 3.33. The smallest absolute Gasteiger partial charge is 0.326 e. The van der Waals surface area contributed by atoms with Crippen LogP contribution in [0.4, 0.5) is 0 Å². The molecule has 1 aromatic rings. The third-order valence-electron chi connectivity index (χ3n) is 4.66. The summed E-state index contributed by atoms with van der Waals surface area (Å²) < 4.78 is 5.42. The number of hydrogen-bond donors (Lipinski definition) is 0. The Labute approximate surface area is 172 Å². The van der Waals surface area contributed by atoms with Crippen LogP contribution in [0, 0.1) is 5.92 Å². The molecule has 2 rings (SSSR count). The van der Waals surface area contributed by atoms with Gasteiger partial charge in [-0.2, -0.15) is 0 Å². The van der Waals surface area contributed by atoms with Gasteiger partial charge in [-0.1, -0.05) is 61.9 Å². The molecule has 0 heterocycles. The number of nitrogens with zero attached hydrogens (tertiary/aromatic N) is 1. The zero-order valence-electron chi connectivity index (χ0n) is 17.3. The van der Waals surface area contributed by atoms with E-state index in [0.717, 1.165) is 37.4 Å². The molecule has 1 fully saturated rings. The monoisotopic (exact) mass is 405 g/mol. The Bertz CT molecular complexity index is 678. The first-order chi connectivity index (χ1) is 13.2. The molecule has 0 spiro atoms. The van der Waals surface area contributed by atoms with E-state index in [1.165, 1.54) is 0 Å². The molecular formula is C22H31NO4S. The Morgan fingerprint density at radius 1 is 1.14 bits per heavy atom. The summed E-state index contributed by atoms with van der Waals surface area (Å²) in [5.74, 6) is -0.413. The van der Waals surface area contributed by atoms with Crippen LogP contribution in [-0.4, -0.2) is 45.8 Å². The second kappa shape index (κ2) is 10.1. The molecule has 5 nitrogen and oxygen atoms in total. The number of benzene rings is 1. The predicted octanol–water partition coefficient (Wildman–Crippen LogP) is 4.31. The van der Waals surface area contributed by atoms with Gasteiger partial charge in [0.25, 0.3) is 0 Å². The van der Waals surface area contributed by atoms with Crippen molar-refractivity contribution >= 4 is 28.8 Å². The summed E-state index contributed by atoms with van der Waals surface area (Å²) in [4.78, 5) is 39.4. The summed E-state index contributed by atoms with van der Waals surface area (Å²) in [7, 11) is 0. The number of amides is 1. The summed E-state index contributed by atoms with van der Waals surface area (Å²) in [5.41, 5.74) is 0.0546. The minimum atomic E-state index is -0.578. The van der Waals surface area contributed by atoms with E-state index < -0.39 is 5.60 Å². The maximum absolute atomic E-state index is 13.1. The van der Waals surface area contributed by atoms with Gasteiger partial charge in [0.2, 0.25) is 11.0 Å². The van der Waals surface area contributed by atoms with Gasteiger partial charge in [0.05, 0.1) is 0 Å². The SMILES string of the molecule is CC(CSC(=O)c1ccccc1)C(=O)N(CC(=O)OC(C)(C)C)C1CCCC1. The zero-order valence-corrected chi connectivity index (χ0v) is 18.1. The molecule has 1 aliphatic rings. The summed E-state index contributed by atoms with van der Waals surface area (Å²) in [6.45, 7) is 7.26. The number of ether oxygens (including phenoxy) is 1. The molecule has 1 saturated carbocycles. The van der Waals surface area contributed by atoms with E-state index in [1.807, 2.05) is 45.9 Å². The van der Waals surface area contributed by atoms with Gasteiger partial charge >= 0.3 is 5.97 Å². The first-order valence-electron chi connectivity index (χ1n) is 9.92. The van der Waals surface area contributed by atoms with Crippen molar-refractivity contribution in [3.05, 3.63) is 35.9 Å². The van der Waals surface area contributed by atoms with Gasteiger partial charge < -0.3 is 9.64 Å². The van der Waals surface area contributed by atoms with E-state index in [2.05, 4.69) is 0 Å². The van der Waals surface area contributed by atoms with Crippen LogP contribution in [-0.2, 0) is 14.3 Å². The topological polar surface area (TPSA) is 63.7 Å². The lowest BCUT2D eigenvalue weighted by Crippen LogP contribution is -2.46. The van der Waals surface area contributed by atoms with Crippen LogP contribution in [0.5, 0.6) is 0 Å². The molecule has 0 saturated heterocycles. The molecule has 1 amide bonds. The van der Waals surface area contributed by atoms with Gasteiger partial charge in [0.15, 0.2) is 0 Å². The third kappa shape index (κ3) is 6.97. The Kier molecular flexibility index (Phi) is 8.10. The van der Waals surface area contributed by atoms with E-state index >= 15 is 0 Å². The van der Waals surface area contributed by atoms with Crippen molar-refractivity contribution < 1.29 is 19.1 Å².